The molecule has 0 saturated heterocycles. The van der Waals surface area contributed by atoms with Gasteiger partial charge in [0.2, 0.25) is 0 Å². The zero-order valence-electron chi connectivity index (χ0n) is 14.3. The summed E-state index contributed by atoms with van der Waals surface area (Å²) in [5, 5.41) is 1.47. The van der Waals surface area contributed by atoms with Gasteiger partial charge < -0.3 is 4.74 Å². The van der Waals surface area contributed by atoms with Gasteiger partial charge in [0, 0.05) is 24.6 Å². The van der Waals surface area contributed by atoms with Crippen molar-refractivity contribution in [2.45, 2.75) is 56.8 Å². The highest BCUT2D eigenvalue weighted by atomic mass is 32.2. The van der Waals surface area contributed by atoms with Gasteiger partial charge in [-0.25, -0.2) is 9.97 Å². The van der Waals surface area contributed by atoms with Gasteiger partial charge in [-0.15, -0.1) is 0 Å². The summed E-state index contributed by atoms with van der Waals surface area (Å²) < 4.78 is 7.30. The molecule has 0 bridgehead atoms. The van der Waals surface area contributed by atoms with E-state index < -0.39 is 5.60 Å². The number of fused-ring (bicyclic) bond motifs is 1. The second kappa shape index (κ2) is 6.20. The smallest absolute Gasteiger partial charge is 0.303 e. The van der Waals surface area contributed by atoms with Gasteiger partial charge in [-0.05, 0) is 44.9 Å². The molecule has 2 atom stereocenters. The number of aryl methyl sites for hydroxylation is 1. The molecular weight excluding hydrogens is 326 g/mol. The molecule has 3 rings (SSSR count). The van der Waals surface area contributed by atoms with Crippen LogP contribution in [0.25, 0.3) is 11.0 Å². The summed E-state index contributed by atoms with van der Waals surface area (Å²) in [6.45, 7) is 5.20. The van der Waals surface area contributed by atoms with Crippen LogP contribution < -0.4 is 5.56 Å². The van der Waals surface area contributed by atoms with Gasteiger partial charge in [-0.3, -0.25) is 14.2 Å². The summed E-state index contributed by atoms with van der Waals surface area (Å²) in [6.07, 6.45) is 6.08. The standard InChI is InChI=1S/C17H21N3O3S/c1-10-8-14(22)20(15-12(10)9-18-16(19-15)24-4)13-6-5-7-17(13,3)23-11(2)21/h8-9,13H,5-7H2,1-4H3/t13-,17-/m0/s1. The second-order valence-corrected chi connectivity index (χ2v) is 7.22. The zero-order valence-corrected chi connectivity index (χ0v) is 15.1. The predicted octanol–water partition coefficient (Wildman–Crippen LogP) is 2.87. The van der Waals surface area contributed by atoms with Crippen molar-refractivity contribution in [2.24, 2.45) is 0 Å². The van der Waals surface area contributed by atoms with Crippen LogP contribution in [0.5, 0.6) is 0 Å². The lowest BCUT2D eigenvalue weighted by Crippen LogP contribution is -2.40. The minimum atomic E-state index is -0.692. The van der Waals surface area contributed by atoms with Gasteiger partial charge in [0.25, 0.3) is 5.56 Å². The third-order valence-corrected chi connectivity index (χ3v) is 5.27. The minimum absolute atomic E-state index is 0.115. The van der Waals surface area contributed by atoms with E-state index in [1.54, 1.807) is 16.8 Å². The minimum Gasteiger partial charge on any atom is -0.457 e. The molecule has 24 heavy (non-hydrogen) atoms. The lowest BCUT2D eigenvalue weighted by atomic mass is 9.99. The molecule has 1 aliphatic rings. The summed E-state index contributed by atoms with van der Waals surface area (Å²) >= 11 is 1.43. The largest absolute Gasteiger partial charge is 0.457 e. The summed E-state index contributed by atoms with van der Waals surface area (Å²) in [7, 11) is 0. The van der Waals surface area contributed by atoms with E-state index in [9.17, 15) is 9.59 Å². The van der Waals surface area contributed by atoms with Crippen molar-refractivity contribution in [3.05, 3.63) is 28.2 Å². The Labute approximate surface area is 144 Å². The van der Waals surface area contributed by atoms with Crippen LogP contribution in [0.4, 0.5) is 0 Å². The van der Waals surface area contributed by atoms with E-state index >= 15 is 0 Å². The predicted molar refractivity (Wildman–Crippen MR) is 93.4 cm³/mol. The Balaban J connectivity index is 2.25. The van der Waals surface area contributed by atoms with E-state index in [0.29, 0.717) is 10.8 Å². The first-order valence-electron chi connectivity index (χ1n) is 7.98. The normalized spacial score (nSPS) is 23.6. The van der Waals surface area contributed by atoms with Gasteiger partial charge >= 0.3 is 5.97 Å². The Morgan fingerprint density at radius 1 is 1.50 bits per heavy atom. The molecule has 7 heteroatoms. The number of pyridine rings is 1. The Hall–Kier alpha value is -1.89. The molecule has 0 radical (unpaired) electrons. The maximum absolute atomic E-state index is 12.8. The summed E-state index contributed by atoms with van der Waals surface area (Å²) in [5.74, 6) is -0.326. The highest BCUT2D eigenvalue weighted by Gasteiger charge is 2.44. The van der Waals surface area contributed by atoms with E-state index in [1.165, 1.54) is 18.7 Å². The van der Waals surface area contributed by atoms with E-state index in [1.807, 2.05) is 20.1 Å². The third kappa shape index (κ3) is 2.81. The average molecular weight is 347 g/mol. The molecule has 1 saturated carbocycles. The van der Waals surface area contributed by atoms with Crippen molar-refractivity contribution in [3.8, 4) is 0 Å². The topological polar surface area (TPSA) is 74.1 Å². The third-order valence-electron chi connectivity index (χ3n) is 4.70. The van der Waals surface area contributed by atoms with Gasteiger partial charge in [0.15, 0.2) is 5.16 Å². The monoisotopic (exact) mass is 347 g/mol. The SMILES string of the molecule is CSc1ncc2c(C)cc(=O)n([C@H]3CCC[C@]3(C)OC(C)=O)c2n1. The molecule has 2 aromatic heterocycles. The van der Waals surface area contributed by atoms with Crippen molar-refractivity contribution in [1.82, 2.24) is 14.5 Å². The number of thioether (sulfide) groups is 1. The van der Waals surface area contributed by atoms with Crippen molar-refractivity contribution in [2.75, 3.05) is 6.26 Å². The molecule has 0 aliphatic heterocycles. The Kier molecular flexibility index (Phi) is 4.38. The van der Waals surface area contributed by atoms with Gasteiger partial charge in [0.1, 0.15) is 11.2 Å². The fraction of sp³-hybridized carbons (Fsp3) is 0.529. The molecule has 0 unspecified atom stereocenters. The first-order chi connectivity index (χ1) is 11.4. The Morgan fingerprint density at radius 2 is 2.25 bits per heavy atom. The van der Waals surface area contributed by atoms with Crippen molar-refractivity contribution in [3.63, 3.8) is 0 Å². The highest BCUT2D eigenvalue weighted by molar-refractivity contribution is 7.98. The van der Waals surface area contributed by atoms with Crippen LogP contribution >= 0.6 is 11.8 Å². The number of aromatic nitrogens is 3. The van der Waals surface area contributed by atoms with E-state index in [4.69, 9.17) is 4.74 Å². The first kappa shape index (κ1) is 17.0. The molecule has 128 valence electrons. The lowest BCUT2D eigenvalue weighted by Gasteiger charge is -2.32. The molecule has 0 N–H and O–H groups in total. The number of esters is 1. The number of rotatable bonds is 3. The quantitative estimate of drug-likeness (QED) is 0.483. The van der Waals surface area contributed by atoms with Crippen LogP contribution in [0.1, 0.15) is 44.7 Å². The number of carbonyl (C=O) groups excluding carboxylic acids is 1. The fourth-order valence-electron chi connectivity index (χ4n) is 3.62. The van der Waals surface area contributed by atoms with Crippen LogP contribution in [-0.4, -0.2) is 32.4 Å². The zero-order chi connectivity index (χ0) is 17.5. The van der Waals surface area contributed by atoms with E-state index in [0.717, 1.165) is 30.2 Å². The van der Waals surface area contributed by atoms with Crippen LogP contribution in [0.2, 0.25) is 0 Å². The molecule has 0 aromatic carbocycles. The number of nitrogens with zero attached hydrogens (tertiary/aromatic N) is 3. The number of ether oxygens (including phenoxy) is 1. The molecule has 2 heterocycles. The highest BCUT2D eigenvalue weighted by Crippen LogP contribution is 2.42. The summed E-state index contributed by atoms with van der Waals surface area (Å²) in [6, 6.07) is 1.39. The van der Waals surface area contributed by atoms with Crippen LogP contribution in [0.3, 0.4) is 0 Å². The Bertz CT molecular complexity index is 864. The number of hydrogen-bond acceptors (Lipinski definition) is 6. The lowest BCUT2D eigenvalue weighted by molar-refractivity contribution is -0.158. The van der Waals surface area contributed by atoms with Crippen LogP contribution in [-0.2, 0) is 9.53 Å². The van der Waals surface area contributed by atoms with E-state index in [-0.39, 0.29) is 17.6 Å². The molecule has 0 spiro atoms. The van der Waals surface area contributed by atoms with Gasteiger partial charge in [-0.2, -0.15) is 0 Å². The summed E-state index contributed by atoms with van der Waals surface area (Å²) in [5.41, 5.74) is 0.661. The van der Waals surface area contributed by atoms with Crippen LogP contribution in [0.15, 0.2) is 22.2 Å². The van der Waals surface area contributed by atoms with Gasteiger partial charge in [-0.1, -0.05) is 11.8 Å². The van der Waals surface area contributed by atoms with Crippen molar-refractivity contribution >= 4 is 28.8 Å². The van der Waals surface area contributed by atoms with Gasteiger partial charge in [0.05, 0.1) is 6.04 Å². The fourth-order valence-corrected chi connectivity index (χ4v) is 3.96. The molecule has 6 nitrogen and oxygen atoms in total. The molecular formula is C17H21N3O3S. The maximum atomic E-state index is 12.8. The molecule has 1 aliphatic carbocycles. The maximum Gasteiger partial charge on any atom is 0.303 e. The first-order valence-corrected chi connectivity index (χ1v) is 9.20. The second-order valence-electron chi connectivity index (χ2n) is 6.44. The Morgan fingerprint density at radius 3 is 2.92 bits per heavy atom. The molecule has 0 amide bonds. The van der Waals surface area contributed by atoms with Crippen LogP contribution in [0, 0.1) is 6.92 Å². The molecule has 1 fully saturated rings. The van der Waals surface area contributed by atoms with Crippen molar-refractivity contribution < 1.29 is 9.53 Å². The number of hydrogen-bond donors (Lipinski definition) is 0. The van der Waals surface area contributed by atoms with E-state index in [2.05, 4.69) is 9.97 Å². The summed E-state index contributed by atoms with van der Waals surface area (Å²) in [4.78, 5) is 33.2. The average Bonchev–Trinajstić information content (AvgIpc) is 2.87. The number of carbonyl (C=O) groups is 1. The molecule has 2 aromatic rings. The van der Waals surface area contributed by atoms with Crippen molar-refractivity contribution in [1.29, 1.82) is 0 Å².